The molecule has 9 heteroatoms. The van der Waals surface area contributed by atoms with E-state index in [-0.39, 0.29) is 31.0 Å². The molecule has 2 fully saturated rings. The van der Waals surface area contributed by atoms with E-state index in [4.69, 9.17) is 9.47 Å². The summed E-state index contributed by atoms with van der Waals surface area (Å²) in [6.07, 6.45) is 10.7. The van der Waals surface area contributed by atoms with Crippen molar-refractivity contribution in [3.05, 3.63) is 48.6 Å². The second-order valence-electron chi connectivity index (χ2n) is 10.2. The number of hydrogen-bond donors (Lipinski definition) is 1. The van der Waals surface area contributed by atoms with Crippen LogP contribution < -0.4 is 9.64 Å². The van der Waals surface area contributed by atoms with Crippen LogP contribution >= 0.6 is 11.8 Å². The summed E-state index contributed by atoms with van der Waals surface area (Å²) in [6, 6.07) is 6.57. The Morgan fingerprint density at radius 3 is 2.57 bits per heavy atom. The Bertz CT molecular complexity index is 1120. The lowest BCUT2D eigenvalue weighted by molar-refractivity contribution is -0.154. The first-order valence-electron chi connectivity index (χ1n) is 13.0. The van der Waals surface area contributed by atoms with Gasteiger partial charge in [-0.25, -0.2) is 0 Å². The molecule has 4 aliphatic rings. The second-order valence-corrected chi connectivity index (χ2v) is 12.0. The molecule has 8 nitrogen and oxygen atoms in total. The van der Waals surface area contributed by atoms with E-state index >= 15 is 0 Å². The minimum absolute atomic E-state index is 0.0886. The lowest BCUT2D eigenvalue weighted by atomic mass is 9.74. The number of unbranched alkanes of at least 4 members (excludes halogenated alkanes) is 2. The number of esters is 1. The number of hydrogen-bond acceptors (Lipinski definition) is 7. The van der Waals surface area contributed by atoms with Gasteiger partial charge in [0.05, 0.1) is 30.3 Å². The number of anilines is 1. The summed E-state index contributed by atoms with van der Waals surface area (Å²) in [5, 5.41) is 9.22. The molecule has 1 unspecified atom stereocenters. The highest BCUT2D eigenvalue weighted by Gasteiger charge is 2.73. The number of ether oxygens (including phenoxy) is 2. The number of amides is 2. The SMILES string of the molecule is COc1ccc(N2CC=C[C@]34S[C@@]5(C)C=CCCOC(=O)[C@H]5[C@H]3C(=O)N(CCCCCO)C4C2=O)cc1. The molecule has 1 N–H and O–H groups in total. The van der Waals surface area contributed by atoms with E-state index in [0.717, 1.165) is 12.1 Å². The Hall–Kier alpha value is -2.78. The molecule has 5 atom stereocenters. The predicted octanol–water partition coefficient (Wildman–Crippen LogP) is 2.95. The first-order valence-corrected chi connectivity index (χ1v) is 13.8. The molecule has 5 rings (SSSR count). The Balaban J connectivity index is 1.58. The molecule has 1 spiro atoms. The van der Waals surface area contributed by atoms with Gasteiger partial charge in [0, 0.05) is 30.1 Å². The molecule has 4 heterocycles. The zero-order valence-corrected chi connectivity index (χ0v) is 22.1. The molecule has 2 saturated heterocycles. The number of nitrogens with zero attached hydrogens (tertiary/aromatic N) is 2. The maximum absolute atomic E-state index is 14.4. The molecule has 1 aromatic rings. The number of likely N-dealkylation sites (tertiary alicyclic amines) is 1. The summed E-state index contributed by atoms with van der Waals surface area (Å²) >= 11 is 1.55. The molecule has 2 amide bonds. The van der Waals surface area contributed by atoms with Crippen LogP contribution in [0.3, 0.4) is 0 Å². The molecule has 37 heavy (non-hydrogen) atoms. The number of cyclic esters (lactones) is 1. The van der Waals surface area contributed by atoms with Gasteiger partial charge in [0.1, 0.15) is 11.8 Å². The summed E-state index contributed by atoms with van der Waals surface area (Å²) < 4.78 is 9.31. The van der Waals surface area contributed by atoms with Crippen LogP contribution in [-0.2, 0) is 19.1 Å². The fraction of sp³-hybridized carbons (Fsp3) is 0.536. The van der Waals surface area contributed by atoms with Gasteiger partial charge in [-0.15, -0.1) is 11.8 Å². The molecular weight excluding hydrogens is 492 g/mol. The van der Waals surface area contributed by atoms with Crippen LogP contribution in [-0.4, -0.2) is 76.7 Å². The van der Waals surface area contributed by atoms with Crippen molar-refractivity contribution in [3.63, 3.8) is 0 Å². The largest absolute Gasteiger partial charge is 0.497 e. The Kier molecular flexibility index (Phi) is 7.11. The highest BCUT2D eigenvalue weighted by atomic mass is 32.2. The van der Waals surface area contributed by atoms with Crippen LogP contribution in [0.25, 0.3) is 0 Å². The number of thioether (sulfide) groups is 1. The average Bonchev–Trinajstić information content (AvgIpc) is 3.20. The van der Waals surface area contributed by atoms with Crippen molar-refractivity contribution in [1.82, 2.24) is 4.90 Å². The number of fused-ring (bicyclic) bond motifs is 2. The molecule has 0 bridgehead atoms. The van der Waals surface area contributed by atoms with Gasteiger partial charge in [-0.2, -0.15) is 0 Å². The van der Waals surface area contributed by atoms with Crippen molar-refractivity contribution < 1.29 is 29.0 Å². The number of benzene rings is 1. The topological polar surface area (TPSA) is 96.4 Å². The smallest absolute Gasteiger partial charge is 0.311 e. The van der Waals surface area contributed by atoms with E-state index in [1.807, 2.05) is 55.5 Å². The van der Waals surface area contributed by atoms with E-state index in [1.165, 1.54) is 0 Å². The second kappa shape index (κ2) is 10.2. The minimum Gasteiger partial charge on any atom is -0.497 e. The van der Waals surface area contributed by atoms with Crippen LogP contribution in [0.1, 0.15) is 32.6 Å². The third-order valence-electron chi connectivity index (χ3n) is 7.96. The Labute approximate surface area is 221 Å². The summed E-state index contributed by atoms with van der Waals surface area (Å²) in [7, 11) is 1.60. The Morgan fingerprint density at radius 2 is 1.84 bits per heavy atom. The maximum atomic E-state index is 14.4. The zero-order valence-electron chi connectivity index (χ0n) is 21.3. The molecular formula is C28H34N2O6S. The van der Waals surface area contributed by atoms with Crippen molar-refractivity contribution in [2.75, 3.05) is 38.3 Å². The fourth-order valence-corrected chi connectivity index (χ4v) is 8.45. The van der Waals surface area contributed by atoms with Crippen molar-refractivity contribution >= 4 is 35.2 Å². The zero-order chi connectivity index (χ0) is 26.2. The number of carbonyl (C=O) groups is 3. The molecule has 0 aliphatic carbocycles. The average molecular weight is 527 g/mol. The number of aliphatic hydroxyl groups excluding tert-OH is 1. The standard InChI is InChI=1S/C28H34N2O6S/c1-27-13-4-7-18-36-26(34)22(27)21-24(32)30(15-5-3-6-17-31)23-25(33)29(16-8-14-28(21,23)37-27)19-9-11-20(35-2)12-10-19/h4,8-14,21-23,31H,3,5-7,15-18H2,1-2H3/t21-,22+,23?,27-,28-/m0/s1. The summed E-state index contributed by atoms with van der Waals surface area (Å²) in [5.41, 5.74) is 0.725. The Morgan fingerprint density at radius 1 is 1.05 bits per heavy atom. The summed E-state index contributed by atoms with van der Waals surface area (Å²) in [4.78, 5) is 45.3. The van der Waals surface area contributed by atoms with Crippen molar-refractivity contribution in [3.8, 4) is 5.75 Å². The quantitative estimate of drug-likeness (QED) is 0.332. The summed E-state index contributed by atoms with van der Waals surface area (Å²) in [6.45, 7) is 3.12. The number of aliphatic hydroxyl groups is 1. The van der Waals surface area contributed by atoms with Crippen molar-refractivity contribution in [1.29, 1.82) is 0 Å². The first-order chi connectivity index (χ1) is 17.9. The van der Waals surface area contributed by atoms with E-state index in [1.54, 1.807) is 28.7 Å². The molecule has 1 aromatic carbocycles. The highest BCUT2D eigenvalue weighted by molar-refractivity contribution is 8.02. The third kappa shape index (κ3) is 4.26. The van der Waals surface area contributed by atoms with Crippen LogP contribution in [0.2, 0.25) is 0 Å². The number of carbonyl (C=O) groups excluding carboxylic acids is 3. The van der Waals surface area contributed by atoms with Gasteiger partial charge < -0.3 is 24.4 Å². The van der Waals surface area contributed by atoms with Crippen LogP contribution in [0, 0.1) is 11.8 Å². The number of methoxy groups -OCH3 is 1. The maximum Gasteiger partial charge on any atom is 0.311 e. The van der Waals surface area contributed by atoms with E-state index in [2.05, 4.69) is 0 Å². The van der Waals surface area contributed by atoms with Gasteiger partial charge in [0.15, 0.2) is 0 Å². The van der Waals surface area contributed by atoms with Gasteiger partial charge in [-0.3, -0.25) is 14.4 Å². The fourth-order valence-electron chi connectivity index (χ4n) is 6.29. The third-order valence-corrected chi connectivity index (χ3v) is 9.76. The highest BCUT2D eigenvalue weighted by Crippen LogP contribution is 2.65. The molecule has 198 valence electrons. The van der Waals surface area contributed by atoms with Gasteiger partial charge in [0.25, 0.3) is 5.91 Å². The van der Waals surface area contributed by atoms with Gasteiger partial charge in [-0.05, 0) is 56.9 Å². The first kappa shape index (κ1) is 25.9. The monoisotopic (exact) mass is 526 g/mol. The van der Waals surface area contributed by atoms with E-state index in [9.17, 15) is 19.5 Å². The van der Waals surface area contributed by atoms with Crippen molar-refractivity contribution in [2.24, 2.45) is 11.8 Å². The lowest BCUT2D eigenvalue weighted by Gasteiger charge is -2.37. The molecule has 0 radical (unpaired) electrons. The van der Waals surface area contributed by atoms with Gasteiger partial charge in [0.2, 0.25) is 5.91 Å². The minimum atomic E-state index is -0.889. The predicted molar refractivity (Wildman–Crippen MR) is 141 cm³/mol. The van der Waals surface area contributed by atoms with Gasteiger partial charge in [-0.1, -0.05) is 24.3 Å². The molecule has 0 saturated carbocycles. The molecule has 4 aliphatic heterocycles. The van der Waals surface area contributed by atoms with Crippen molar-refractivity contribution in [2.45, 2.75) is 48.1 Å². The van der Waals surface area contributed by atoms with E-state index < -0.39 is 27.4 Å². The lowest BCUT2D eigenvalue weighted by Crippen LogP contribution is -2.53. The molecule has 0 aromatic heterocycles. The van der Waals surface area contributed by atoms with Crippen LogP contribution in [0.5, 0.6) is 5.75 Å². The summed E-state index contributed by atoms with van der Waals surface area (Å²) in [5.74, 6) is -1.38. The van der Waals surface area contributed by atoms with E-state index in [0.29, 0.717) is 38.1 Å². The van der Waals surface area contributed by atoms with Gasteiger partial charge >= 0.3 is 5.97 Å². The van der Waals surface area contributed by atoms with Crippen LogP contribution in [0.4, 0.5) is 5.69 Å². The normalized spacial score (nSPS) is 32.8. The van der Waals surface area contributed by atoms with Crippen LogP contribution in [0.15, 0.2) is 48.6 Å². The number of rotatable bonds is 7.